The lowest BCUT2D eigenvalue weighted by molar-refractivity contribution is -0.121. The number of carbonyl (C=O) groups excluding carboxylic acids is 1. The second-order valence-corrected chi connectivity index (χ2v) is 6.28. The Kier molecular flexibility index (Phi) is 5.88. The Hall–Kier alpha value is -1.74. The molecule has 0 aliphatic rings. The number of amides is 1. The number of aryl methyl sites for hydroxylation is 1. The van der Waals surface area contributed by atoms with E-state index < -0.39 is 0 Å². The van der Waals surface area contributed by atoms with Crippen LogP contribution in [0.1, 0.15) is 30.5 Å². The highest BCUT2D eigenvalue weighted by Gasteiger charge is 2.08. The van der Waals surface area contributed by atoms with Gasteiger partial charge in [-0.3, -0.25) is 4.79 Å². The molecule has 1 N–H and O–H groups in total. The SMILES string of the molecule is Cc1ccc(SCCC(=O)N[C@H](C)c2ccccc2)cc1. The van der Waals surface area contributed by atoms with E-state index in [1.54, 1.807) is 11.8 Å². The normalized spacial score (nSPS) is 11.9. The number of rotatable bonds is 6. The van der Waals surface area contributed by atoms with Crippen LogP contribution in [0, 0.1) is 6.92 Å². The molecule has 0 heterocycles. The third-order valence-corrected chi connectivity index (χ3v) is 4.31. The lowest BCUT2D eigenvalue weighted by Crippen LogP contribution is -2.26. The Morgan fingerprint density at radius 1 is 1.10 bits per heavy atom. The second kappa shape index (κ2) is 7.89. The standard InChI is InChI=1S/C18H21NOS/c1-14-8-10-17(11-9-14)21-13-12-18(20)19-15(2)16-6-4-3-5-7-16/h3-11,15H,12-13H2,1-2H3,(H,19,20)/t15-/m1/s1. The van der Waals surface area contributed by atoms with E-state index in [-0.39, 0.29) is 11.9 Å². The van der Waals surface area contributed by atoms with Gasteiger partial charge in [0.1, 0.15) is 0 Å². The molecule has 0 bridgehead atoms. The van der Waals surface area contributed by atoms with Crippen molar-refractivity contribution in [3.05, 3.63) is 65.7 Å². The van der Waals surface area contributed by atoms with Crippen molar-refractivity contribution in [2.45, 2.75) is 31.2 Å². The Balaban J connectivity index is 1.73. The summed E-state index contributed by atoms with van der Waals surface area (Å²) in [5, 5.41) is 3.04. The van der Waals surface area contributed by atoms with Gasteiger partial charge in [0.05, 0.1) is 6.04 Å². The summed E-state index contributed by atoms with van der Waals surface area (Å²) in [5.41, 5.74) is 2.39. The third-order valence-electron chi connectivity index (χ3n) is 3.30. The molecule has 0 fully saturated rings. The zero-order valence-electron chi connectivity index (χ0n) is 12.5. The topological polar surface area (TPSA) is 29.1 Å². The minimum Gasteiger partial charge on any atom is -0.350 e. The predicted molar refractivity (Wildman–Crippen MR) is 89.5 cm³/mol. The molecule has 2 rings (SSSR count). The number of carbonyl (C=O) groups is 1. The fourth-order valence-electron chi connectivity index (χ4n) is 2.03. The van der Waals surface area contributed by atoms with Crippen molar-refractivity contribution in [3.63, 3.8) is 0 Å². The summed E-state index contributed by atoms with van der Waals surface area (Å²) in [4.78, 5) is 13.2. The molecule has 0 unspecified atom stereocenters. The van der Waals surface area contributed by atoms with Crippen LogP contribution >= 0.6 is 11.8 Å². The molecule has 0 saturated carbocycles. The lowest BCUT2D eigenvalue weighted by atomic mass is 10.1. The molecule has 0 radical (unpaired) electrons. The molecule has 3 heteroatoms. The maximum atomic E-state index is 11.9. The van der Waals surface area contributed by atoms with Crippen LogP contribution in [-0.4, -0.2) is 11.7 Å². The maximum absolute atomic E-state index is 11.9. The van der Waals surface area contributed by atoms with Crippen molar-refractivity contribution in [2.75, 3.05) is 5.75 Å². The van der Waals surface area contributed by atoms with Crippen LogP contribution in [0.5, 0.6) is 0 Å². The summed E-state index contributed by atoms with van der Waals surface area (Å²) in [5.74, 6) is 0.905. The zero-order chi connectivity index (χ0) is 15.1. The van der Waals surface area contributed by atoms with E-state index in [1.165, 1.54) is 10.5 Å². The zero-order valence-corrected chi connectivity index (χ0v) is 13.3. The van der Waals surface area contributed by atoms with Gasteiger partial charge in [0.15, 0.2) is 0 Å². The average molecular weight is 299 g/mol. The van der Waals surface area contributed by atoms with Crippen molar-refractivity contribution in [3.8, 4) is 0 Å². The molecule has 110 valence electrons. The summed E-state index contributed by atoms with van der Waals surface area (Å²) in [6.45, 7) is 4.09. The molecule has 21 heavy (non-hydrogen) atoms. The van der Waals surface area contributed by atoms with Crippen LogP contribution in [0.4, 0.5) is 0 Å². The molecule has 0 aliphatic heterocycles. The minimum absolute atomic E-state index is 0.0584. The number of thioether (sulfide) groups is 1. The highest BCUT2D eigenvalue weighted by Crippen LogP contribution is 2.19. The summed E-state index contributed by atoms with van der Waals surface area (Å²) in [7, 11) is 0. The van der Waals surface area contributed by atoms with Gasteiger partial charge in [-0.05, 0) is 31.5 Å². The van der Waals surface area contributed by atoms with Crippen molar-refractivity contribution in [2.24, 2.45) is 0 Å². The van der Waals surface area contributed by atoms with E-state index in [2.05, 4.69) is 36.5 Å². The smallest absolute Gasteiger partial charge is 0.221 e. The Morgan fingerprint density at radius 2 is 1.76 bits per heavy atom. The summed E-state index contributed by atoms with van der Waals surface area (Å²) < 4.78 is 0. The molecular formula is C18H21NOS. The molecule has 2 aromatic carbocycles. The molecule has 0 aromatic heterocycles. The van der Waals surface area contributed by atoms with Crippen LogP contribution in [0.15, 0.2) is 59.5 Å². The largest absolute Gasteiger partial charge is 0.350 e. The van der Waals surface area contributed by atoms with E-state index in [0.29, 0.717) is 6.42 Å². The van der Waals surface area contributed by atoms with Crippen LogP contribution in [0.3, 0.4) is 0 Å². The van der Waals surface area contributed by atoms with Gasteiger partial charge in [0, 0.05) is 17.1 Å². The quantitative estimate of drug-likeness (QED) is 0.803. The van der Waals surface area contributed by atoms with Crippen molar-refractivity contribution in [1.29, 1.82) is 0 Å². The molecule has 0 aliphatic carbocycles. The van der Waals surface area contributed by atoms with Crippen LogP contribution < -0.4 is 5.32 Å². The van der Waals surface area contributed by atoms with Gasteiger partial charge < -0.3 is 5.32 Å². The van der Waals surface area contributed by atoms with Crippen molar-refractivity contribution < 1.29 is 4.79 Å². The number of nitrogens with one attached hydrogen (secondary N) is 1. The fraction of sp³-hybridized carbons (Fsp3) is 0.278. The van der Waals surface area contributed by atoms with Crippen LogP contribution in [-0.2, 0) is 4.79 Å². The van der Waals surface area contributed by atoms with Gasteiger partial charge in [0.2, 0.25) is 5.91 Å². The maximum Gasteiger partial charge on any atom is 0.221 e. The summed E-state index contributed by atoms with van der Waals surface area (Å²) >= 11 is 1.72. The van der Waals surface area contributed by atoms with Crippen LogP contribution in [0.2, 0.25) is 0 Å². The molecular weight excluding hydrogens is 278 g/mol. The number of hydrogen-bond acceptors (Lipinski definition) is 2. The summed E-state index contributed by atoms with van der Waals surface area (Å²) in [6.07, 6.45) is 0.537. The molecule has 1 atom stereocenters. The van der Waals surface area contributed by atoms with Gasteiger partial charge in [-0.1, -0.05) is 48.0 Å². The number of hydrogen-bond donors (Lipinski definition) is 1. The molecule has 0 saturated heterocycles. The van der Waals surface area contributed by atoms with Gasteiger partial charge in [-0.2, -0.15) is 0 Å². The van der Waals surface area contributed by atoms with Crippen LogP contribution in [0.25, 0.3) is 0 Å². The van der Waals surface area contributed by atoms with E-state index >= 15 is 0 Å². The molecule has 2 aromatic rings. The first-order valence-corrected chi connectivity index (χ1v) is 8.17. The first-order chi connectivity index (χ1) is 10.1. The van der Waals surface area contributed by atoms with Crippen molar-refractivity contribution >= 4 is 17.7 Å². The fourth-order valence-corrected chi connectivity index (χ4v) is 2.89. The lowest BCUT2D eigenvalue weighted by Gasteiger charge is -2.14. The van der Waals surface area contributed by atoms with Gasteiger partial charge in [-0.25, -0.2) is 0 Å². The Morgan fingerprint density at radius 3 is 2.43 bits per heavy atom. The van der Waals surface area contributed by atoms with E-state index in [9.17, 15) is 4.79 Å². The highest BCUT2D eigenvalue weighted by atomic mass is 32.2. The third kappa shape index (κ3) is 5.27. The highest BCUT2D eigenvalue weighted by molar-refractivity contribution is 7.99. The van der Waals surface area contributed by atoms with E-state index in [4.69, 9.17) is 0 Å². The second-order valence-electron chi connectivity index (χ2n) is 5.11. The Labute approximate surface area is 131 Å². The van der Waals surface area contributed by atoms with Gasteiger partial charge in [0.25, 0.3) is 0 Å². The van der Waals surface area contributed by atoms with E-state index in [0.717, 1.165) is 11.3 Å². The Bertz CT molecular complexity index is 566. The molecule has 1 amide bonds. The molecule has 0 spiro atoms. The van der Waals surface area contributed by atoms with Gasteiger partial charge in [-0.15, -0.1) is 11.8 Å². The summed E-state index contributed by atoms with van der Waals surface area (Å²) in [6, 6.07) is 18.5. The average Bonchev–Trinajstić information content (AvgIpc) is 2.50. The number of benzene rings is 2. The predicted octanol–water partition coefficient (Wildman–Crippen LogP) is 4.35. The van der Waals surface area contributed by atoms with Gasteiger partial charge >= 0.3 is 0 Å². The minimum atomic E-state index is 0.0584. The molecule has 2 nitrogen and oxygen atoms in total. The first kappa shape index (κ1) is 15.6. The van der Waals surface area contributed by atoms with Crippen molar-refractivity contribution in [1.82, 2.24) is 5.32 Å². The monoisotopic (exact) mass is 299 g/mol. The van der Waals surface area contributed by atoms with E-state index in [1.807, 2.05) is 37.3 Å². The first-order valence-electron chi connectivity index (χ1n) is 7.19.